The molecule has 0 saturated heterocycles. The lowest BCUT2D eigenvalue weighted by Gasteiger charge is -2.18. The molecule has 0 atom stereocenters. The van der Waals surface area contributed by atoms with E-state index in [1.165, 1.54) is 6.20 Å². The maximum Gasteiger partial charge on any atom is 0.144 e. The summed E-state index contributed by atoms with van der Waals surface area (Å²) in [4.78, 5) is 5.63. The Morgan fingerprint density at radius 3 is 2.47 bits per heavy atom. The maximum atomic E-state index is 8.60. The fourth-order valence-electron chi connectivity index (χ4n) is 1.05. The third kappa shape index (κ3) is 2.83. The van der Waals surface area contributed by atoms with E-state index in [1.54, 1.807) is 11.0 Å². The summed E-state index contributed by atoms with van der Waals surface area (Å²) >= 11 is 3.28. The number of halogens is 1. The number of nitrogens with two attached hydrogens (primary N) is 1. The van der Waals surface area contributed by atoms with Crippen LogP contribution in [0.5, 0.6) is 0 Å². The SMILES string of the molecule is N#CCN(CC#N)c1ncc(N)cc1Br. The number of nitriles is 2. The number of anilines is 2. The zero-order valence-electron chi connectivity index (χ0n) is 7.81. The summed E-state index contributed by atoms with van der Waals surface area (Å²) in [5.41, 5.74) is 6.06. The average molecular weight is 266 g/mol. The van der Waals surface area contributed by atoms with Crippen molar-refractivity contribution in [2.75, 3.05) is 23.7 Å². The number of nitrogens with zero attached hydrogens (tertiary/aromatic N) is 4. The Kier molecular flexibility index (Phi) is 3.90. The van der Waals surface area contributed by atoms with Gasteiger partial charge < -0.3 is 10.6 Å². The molecule has 6 heteroatoms. The van der Waals surface area contributed by atoms with Crippen molar-refractivity contribution in [1.29, 1.82) is 10.5 Å². The standard InChI is InChI=1S/C9H8BrN5/c10-8-5-7(13)6-14-9(8)15(3-1-11)4-2-12/h5-6H,3-4,13H2. The maximum absolute atomic E-state index is 8.60. The van der Waals surface area contributed by atoms with E-state index in [0.717, 1.165) is 0 Å². The first-order chi connectivity index (χ1) is 7.19. The first-order valence-electron chi connectivity index (χ1n) is 4.09. The number of nitrogen functional groups attached to an aromatic ring is 1. The van der Waals surface area contributed by atoms with Gasteiger partial charge in [0.25, 0.3) is 0 Å². The predicted octanol–water partition coefficient (Wildman–Crippen LogP) is 1.28. The van der Waals surface area contributed by atoms with E-state index >= 15 is 0 Å². The largest absolute Gasteiger partial charge is 0.397 e. The Morgan fingerprint density at radius 1 is 1.40 bits per heavy atom. The molecular weight excluding hydrogens is 258 g/mol. The second-order valence-electron chi connectivity index (χ2n) is 2.75. The zero-order chi connectivity index (χ0) is 11.3. The highest BCUT2D eigenvalue weighted by atomic mass is 79.9. The molecule has 0 unspecified atom stereocenters. The molecule has 0 radical (unpaired) electrons. The fraction of sp³-hybridized carbons (Fsp3) is 0.222. The smallest absolute Gasteiger partial charge is 0.144 e. The summed E-state index contributed by atoms with van der Waals surface area (Å²) in [6, 6.07) is 5.64. The Hall–Kier alpha value is -1.79. The van der Waals surface area contributed by atoms with Crippen LogP contribution in [0.1, 0.15) is 0 Å². The Morgan fingerprint density at radius 2 is 2.00 bits per heavy atom. The van der Waals surface area contributed by atoms with Crippen molar-refractivity contribution in [1.82, 2.24) is 4.98 Å². The predicted molar refractivity (Wildman–Crippen MR) is 59.8 cm³/mol. The van der Waals surface area contributed by atoms with E-state index in [2.05, 4.69) is 20.9 Å². The van der Waals surface area contributed by atoms with Gasteiger partial charge in [0.2, 0.25) is 0 Å². The molecule has 0 fully saturated rings. The van der Waals surface area contributed by atoms with Gasteiger partial charge in [-0.3, -0.25) is 0 Å². The van der Waals surface area contributed by atoms with Crippen LogP contribution in [0.2, 0.25) is 0 Å². The molecule has 1 rings (SSSR count). The van der Waals surface area contributed by atoms with Crippen LogP contribution >= 0.6 is 15.9 Å². The molecule has 0 aliphatic rings. The monoisotopic (exact) mass is 265 g/mol. The number of pyridine rings is 1. The fourth-order valence-corrected chi connectivity index (χ4v) is 1.67. The van der Waals surface area contributed by atoms with Gasteiger partial charge in [-0.15, -0.1) is 0 Å². The molecule has 5 nitrogen and oxygen atoms in total. The van der Waals surface area contributed by atoms with Crippen molar-refractivity contribution in [3.8, 4) is 12.1 Å². The molecule has 1 aromatic heterocycles. The van der Waals surface area contributed by atoms with Crippen LogP contribution in [-0.2, 0) is 0 Å². The summed E-state index contributed by atoms with van der Waals surface area (Å²) in [7, 11) is 0. The highest BCUT2D eigenvalue weighted by Crippen LogP contribution is 2.24. The number of aromatic nitrogens is 1. The number of hydrogen-bond donors (Lipinski definition) is 1. The molecule has 0 spiro atoms. The van der Waals surface area contributed by atoms with Crippen molar-refractivity contribution in [3.05, 3.63) is 16.7 Å². The first kappa shape index (κ1) is 11.3. The van der Waals surface area contributed by atoms with Gasteiger partial charge in [0, 0.05) is 0 Å². The molecule has 76 valence electrons. The quantitative estimate of drug-likeness (QED) is 0.832. The van der Waals surface area contributed by atoms with Crippen LogP contribution in [0, 0.1) is 22.7 Å². The lowest BCUT2D eigenvalue weighted by atomic mass is 10.4. The molecule has 1 heterocycles. The topological polar surface area (TPSA) is 89.7 Å². The molecule has 15 heavy (non-hydrogen) atoms. The van der Waals surface area contributed by atoms with E-state index in [-0.39, 0.29) is 13.1 Å². The van der Waals surface area contributed by atoms with Crippen LogP contribution in [0.4, 0.5) is 11.5 Å². The van der Waals surface area contributed by atoms with Crippen LogP contribution in [0.3, 0.4) is 0 Å². The summed E-state index contributed by atoms with van der Waals surface area (Å²) in [5, 5.41) is 17.2. The Balaban J connectivity index is 3.02. The van der Waals surface area contributed by atoms with E-state index in [0.29, 0.717) is 16.0 Å². The normalized spacial score (nSPS) is 9.00. The van der Waals surface area contributed by atoms with Crippen molar-refractivity contribution in [2.24, 2.45) is 0 Å². The zero-order valence-corrected chi connectivity index (χ0v) is 9.40. The van der Waals surface area contributed by atoms with Gasteiger partial charge in [-0.2, -0.15) is 10.5 Å². The molecule has 0 aliphatic heterocycles. The lowest BCUT2D eigenvalue weighted by Crippen LogP contribution is -2.25. The lowest BCUT2D eigenvalue weighted by molar-refractivity contribution is 0.931. The second kappa shape index (κ2) is 5.18. The van der Waals surface area contributed by atoms with Crippen LogP contribution in [0.25, 0.3) is 0 Å². The van der Waals surface area contributed by atoms with Gasteiger partial charge >= 0.3 is 0 Å². The molecule has 0 aliphatic carbocycles. The minimum absolute atomic E-state index is 0.114. The Labute approximate surface area is 95.9 Å². The highest BCUT2D eigenvalue weighted by Gasteiger charge is 2.10. The van der Waals surface area contributed by atoms with Gasteiger partial charge in [-0.25, -0.2) is 4.98 Å². The third-order valence-electron chi connectivity index (χ3n) is 1.67. The van der Waals surface area contributed by atoms with Crippen molar-refractivity contribution >= 4 is 27.4 Å². The molecule has 0 aromatic carbocycles. The summed E-state index contributed by atoms with van der Waals surface area (Å²) in [5.74, 6) is 0.548. The van der Waals surface area contributed by atoms with Gasteiger partial charge in [0.05, 0.1) is 28.5 Å². The summed E-state index contributed by atoms with van der Waals surface area (Å²) in [6.45, 7) is 0.228. The van der Waals surface area contributed by atoms with E-state index in [9.17, 15) is 0 Å². The molecule has 0 saturated carbocycles. The molecule has 0 bridgehead atoms. The third-order valence-corrected chi connectivity index (χ3v) is 2.25. The molecular formula is C9H8BrN5. The van der Waals surface area contributed by atoms with Gasteiger partial charge in [-0.05, 0) is 22.0 Å². The van der Waals surface area contributed by atoms with Crippen LogP contribution in [-0.4, -0.2) is 18.1 Å². The summed E-state index contributed by atoms with van der Waals surface area (Å²) in [6.07, 6.45) is 1.49. The highest BCUT2D eigenvalue weighted by molar-refractivity contribution is 9.10. The summed E-state index contributed by atoms with van der Waals surface area (Å²) < 4.78 is 0.674. The number of rotatable bonds is 3. The minimum Gasteiger partial charge on any atom is -0.397 e. The van der Waals surface area contributed by atoms with Crippen molar-refractivity contribution in [3.63, 3.8) is 0 Å². The second-order valence-corrected chi connectivity index (χ2v) is 3.60. The van der Waals surface area contributed by atoms with Gasteiger partial charge in [-0.1, -0.05) is 0 Å². The average Bonchev–Trinajstić information content (AvgIpc) is 2.17. The van der Waals surface area contributed by atoms with Crippen LogP contribution < -0.4 is 10.6 Å². The van der Waals surface area contributed by atoms with E-state index in [4.69, 9.17) is 16.3 Å². The van der Waals surface area contributed by atoms with Crippen molar-refractivity contribution in [2.45, 2.75) is 0 Å². The van der Waals surface area contributed by atoms with E-state index in [1.807, 2.05) is 12.1 Å². The van der Waals surface area contributed by atoms with Crippen molar-refractivity contribution < 1.29 is 0 Å². The van der Waals surface area contributed by atoms with Crippen LogP contribution in [0.15, 0.2) is 16.7 Å². The van der Waals surface area contributed by atoms with Gasteiger partial charge in [0.1, 0.15) is 18.9 Å². The minimum atomic E-state index is 0.114. The first-order valence-corrected chi connectivity index (χ1v) is 4.88. The number of hydrogen-bond acceptors (Lipinski definition) is 5. The Bertz CT molecular complexity index is 415. The molecule has 1 aromatic rings. The van der Waals surface area contributed by atoms with E-state index < -0.39 is 0 Å². The van der Waals surface area contributed by atoms with Gasteiger partial charge in [0.15, 0.2) is 0 Å². The molecule has 2 N–H and O–H groups in total. The molecule has 0 amide bonds.